The number of nitrogens with zero attached hydrogens (tertiary/aromatic N) is 1. The molecular formula is C13H16N2O3. The first kappa shape index (κ1) is 12.4. The van der Waals surface area contributed by atoms with E-state index in [9.17, 15) is 9.59 Å². The Morgan fingerprint density at radius 2 is 2.17 bits per heavy atom. The maximum atomic E-state index is 11.8. The third kappa shape index (κ3) is 2.30. The van der Waals surface area contributed by atoms with E-state index in [-0.39, 0.29) is 18.5 Å². The zero-order valence-electron chi connectivity index (χ0n) is 10.4. The van der Waals surface area contributed by atoms with Gasteiger partial charge in [0.1, 0.15) is 0 Å². The fourth-order valence-corrected chi connectivity index (χ4v) is 2.12. The number of carboxylic acids is 1. The second kappa shape index (κ2) is 4.68. The maximum absolute atomic E-state index is 11.8. The molecule has 0 aliphatic carbocycles. The van der Waals surface area contributed by atoms with Gasteiger partial charge in [0.2, 0.25) is 0 Å². The third-order valence-corrected chi connectivity index (χ3v) is 3.25. The number of rotatable bonds is 3. The van der Waals surface area contributed by atoms with Crippen molar-refractivity contribution in [3.05, 3.63) is 29.3 Å². The Morgan fingerprint density at radius 3 is 2.78 bits per heavy atom. The summed E-state index contributed by atoms with van der Waals surface area (Å²) >= 11 is 0. The normalized spacial score (nSPS) is 18.9. The van der Waals surface area contributed by atoms with Crippen LogP contribution in [0, 0.1) is 13.8 Å². The Bertz CT molecular complexity index is 499. The van der Waals surface area contributed by atoms with Gasteiger partial charge >= 0.3 is 12.0 Å². The maximum Gasteiger partial charge on any atom is 0.322 e. The average molecular weight is 248 g/mol. The molecule has 2 rings (SSSR count). The summed E-state index contributed by atoms with van der Waals surface area (Å²) < 4.78 is 0. The molecule has 1 aliphatic rings. The molecule has 0 bridgehead atoms. The van der Waals surface area contributed by atoms with Crippen molar-refractivity contribution in [2.24, 2.45) is 0 Å². The van der Waals surface area contributed by atoms with Gasteiger partial charge in [-0.25, -0.2) is 4.79 Å². The molecule has 1 fully saturated rings. The summed E-state index contributed by atoms with van der Waals surface area (Å²) in [5.41, 5.74) is 2.98. The van der Waals surface area contributed by atoms with Gasteiger partial charge in [-0.15, -0.1) is 0 Å². The van der Waals surface area contributed by atoms with E-state index in [1.807, 2.05) is 32.0 Å². The second-order valence-electron chi connectivity index (χ2n) is 4.58. The lowest BCUT2D eigenvalue weighted by Gasteiger charge is -2.22. The fourth-order valence-electron chi connectivity index (χ4n) is 2.12. The zero-order valence-corrected chi connectivity index (χ0v) is 10.4. The van der Waals surface area contributed by atoms with Crippen LogP contribution >= 0.6 is 0 Å². The van der Waals surface area contributed by atoms with Crippen LogP contribution in [0.2, 0.25) is 0 Å². The topological polar surface area (TPSA) is 69.6 Å². The van der Waals surface area contributed by atoms with E-state index in [4.69, 9.17) is 5.11 Å². The molecule has 1 aliphatic heterocycles. The molecule has 5 nitrogen and oxygen atoms in total. The minimum atomic E-state index is -0.898. The molecule has 18 heavy (non-hydrogen) atoms. The summed E-state index contributed by atoms with van der Waals surface area (Å²) in [7, 11) is 0. The highest BCUT2D eigenvalue weighted by atomic mass is 16.4. The lowest BCUT2D eigenvalue weighted by molar-refractivity contribution is -0.137. The number of carbonyl (C=O) groups is 2. The van der Waals surface area contributed by atoms with Gasteiger partial charge in [0, 0.05) is 12.2 Å². The summed E-state index contributed by atoms with van der Waals surface area (Å²) in [6.07, 6.45) is -0.0499. The molecule has 0 spiro atoms. The molecular weight excluding hydrogens is 232 g/mol. The van der Waals surface area contributed by atoms with Crippen LogP contribution in [0.25, 0.3) is 0 Å². The number of benzene rings is 1. The standard InChI is InChI=1S/C13H16N2O3/c1-8-3-4-10(5-9(8)2)15-11(6-12(16)17)7-14-13(15)18/h3-5,11H,6-7H2,1-2H3,(H,14,18)(H,16,17). The summed E-state index contributed by atoms with van der Waals surface area (Å²) in [6, 6.07) is 5.15. The van der Waals surface area contributed by atoms with Gasteiger partial charge < -0.3 is 10.4 Å². The van der Waals surface area contributed by atoms with Gasteiger partial charge in [-0.3, -0.25) is 9.69 Å². The SMILES string of the molecule is Cc1ccc(N2C(=O)NCC2CC(=O)O)cc1C. The predicted molar refractivity (Wildman–Crippen MR) is 67.8 cm³/mol. The lowest BCUT2D eigenvalue weighted by atomic mass is 10.1. The smallest absolute Gasteiger partial charge is 0.322 e. The molecule has 2 amide bonds. The van der Waals surface area contributed by atoms with E-state index in [2.05, 4.69) is 5.32 Å². The number of carbonyl (C=O) groups excluding carboxylic acids is 1. The first-order chi connectivity index (χ1) is 8.49. The van der Waals surface area contributed by atoms with Crippen molar-refractivity contribution in [1.29, 1.82) is 0 Å². The summed E-state index contributed by atoms with van der Waals surface area (Å²) in [4.78, 5) is 24.1. The van der Waals surface area contributed by atoms with Crippen molar-refractivity contribution in [1.82, 2.24) is 5.32 Å². The minimum absolute atomic E-state index is 0.0499. The Balaban J connectivity index is 2.30. The summed E-state index contributed by atoms with van der Waals surface area (Å²) in [5.74, 6) is -0.898. The Morgan fingerprint density at radius 1 is 1.44 bits per heavy atom. The molecule has 1 heterocycles. The number of urea groups is 1. The lowest BCUT2D eigenvalue weighted by Crippen LogP contribution is -2.35. The molecule has 1 unspecified atom stereocenters. The van der Waals surface area contributed by atoms with Crippen LogP contribution in [0.4, 0.5) is 10.5 Å². The molecule has 1 aromatic rings. The van der Waals surface area contributed by atoms with E-state index >= 15 is 0 Å². The van der Waals surface area contributed by atoms with Crippen molar-refractivity contribution in [3.63, 3.8) is 0 Å². The molecule has 1 aromatic carbocycles. The van der Waals surface area contributed by atoms with Crippen LogP contribution in [0.5, 0.6) is 0 Å². The number of aliphatic carboxylic acids is 1. The molecule has 1 saturated heterocycles. The third-order valence-electron chi connectivity index (χ3n) is 3.25. The van der Waals surface area contributed by atoms with Crippen molar-refractivity contribution in [3.8, 4) is 0 Å². The Hall–Kier alpha value is -2.04. The van der Waals surface area contributed by atoms with E-state index in [1.165, 1.54) is 4.90 Å². The molecule has 1 atom stereocenters. The number of hydrogen-bond donors (Lipinski definition) is 2. The fraction of sp³-hybridized carbons (Fsp3) is 0.385. The minimum Gasteiger partial charge on any atom is -0.481 e. The monoisotopic (exact) mass is 248 g/mol. The van der Waals surface area contributed by atoms with Crippen molar-refractivity contribution < 1.29 is 14.7 Å². The first-order valence-corrected chi connectivity index (χ1v) is 5.85. The molecule has 0 radical (unpaired) electrons. The molecule has 5 heteroatoms. The van der Waals surface area contributed by atoms with E-state index in [0.717, 1.165) is 16.8 Å². The van der Waals surface area contributed by atoms with Crippen LogP contribution in [0.3, 0.4) is 0 Å². The van der Waals surface area contributed by atoms with Gasteiger partial charge in [-0.05, 0) is 37.1 Å². The number of aryl methyl sites for hydroxylation is 2. The highest BCUT2D eigenvalue weighted by Gasteiger charge is 2.33. The van der Waals surface area contributed by atoms with Crippen LogP contribution in [-0.2, 0) is 4.79 Å². The van der Waals surface area contributed by atoms with Crippen molar-refractivity contribution in [2.45, 2.75) is 26.3 Å². The largest absolute Gasteiger partial charge is 0.481 e. The van der Waals surface area contributed by atoms with Crippen LogP contribution in [0.1, 0.15) is 17.5 Å². The van der Waals surface area contributed by atoms with E-state index in [0.29, 0.717) is 6.54 Å². The number of amides is 2. The highest BCUT2D eigenvalue weighted by molar-refractivity contribution is 5.95. The number of nitrogens with one attached hydrogen (secondary N) is 1. The number of carboxylic acid groups (broad SMARTS) is 1. The van der Waals surface area contributed by atoms with Gasteiger partial charge in [0.15, 0.2) is 0 Å². The molecule has 0 aromatic heterocycles. The number of hydrogen-bond acceptors (Lipinski definition) is 2. The van der Waals surface area contributed by atoms with Gasteiger partial charge in [-0.1, -0.05) is 6.07 Å². The van der Waals surface area contributed by atoms with Crippen molar-refractivity contribution in [2.75, 3.05) is 11.4 Å². The highest BCUT2D eigenvalue weighted by Crippen LogP contribution is 2.24. The quantitative estimate of drug-likeness (QED) is 0.855. The van der Waals surface area contributed by atoms with Gasteiger partial charge in [-0.2, -0.15) is 0 Å². The predicted octanol–water partition coefficient (Wildman–Crippen LogP) is 1.68. The molecule has 2 N–H and O–H groups in total. The molecule has 0 saturated carbocycles. The van der Waals surface area contributed by atoms with Gasteiger partial charge in [0.05, 0.1) is 12.5 Å². The van der Waals surface area contributed by atoms with Crippen LogP contribution in [0.15, 0.2) is 18.2 Å². The zero-order chi connectivity index (χ0) is 13.3. The first-order valence-electron chi connectivity index (χ1n) is 5.85. The van der Waals surface area contributed by atoms with E-state index in [1.54, 1.807) is 0 Å². The average Bonchev–Trinajstić information content (AvgIpc) is 2.63. The van der Waals surface area contributed by atoms with Crippen LogP contribution in [-0.4, -0.2) is 29.7 Å². The second-order valence-corrected chi connectivity index (χ2v) is 4.58. The summed E-state index contributed by atoms with van der Waals surface area (Å²) in [6.45, 7) is 4.34. The van der Waals surface area contributed by atoms with E-state index < -0.39 is 5.97 Å². The summed E-state index contributed by atoms with van der Waals surface area (Å²) in [5, 5.41) is 11.5. The van der Waals surface area contributed by atoms with Crippen LogP contribution < -0.4 is 10.2 Å². The van der Waals surface area contributed by atoms with Crippen molar-refractivity contribution >= 4 is 17.7 Å². The van der Waals surface area contributed by atoms with Gasteiger partial charge in [0.25, 0.3) is 0 Å². The number of anilines is 1. The Kier molecular flexibility index (Phi) is 3.23. The Labute approximate surface area is 105 Å². The molecule has 96 valence electrons.